The van der Waals surface area contributed by atoms with E-state index in [-0.39, 0.29) is 10.8 Å². The molecule has 0 unspecified atom stereocenters. The minimum atomic E-state index is -0.553. The van der Waals surface area contributed by atoms with Crippen molar-refractivity contribution in [2.75, 3.05) is 39.6 Å². The van der Waals surface area contributed by atoms with E-state index in [4.69, 9.17) is 28.4 Å². The fraction of sp³-hybridized carbons (Fsp3) is 0.227. The van der Waals surface area contributed by atoms with E-state index in [9.17, 15) is 9.59 Å². The molecular formula is C44H36Br2O8. The summed E-state index contributed by atoms with van der Waals surface area (Å²) in [4.78, 5) is 27.7. The molecule has 8 nitrogen and oxygen atoms in total. The highest BCUT2D eigenvalue weighted by Gasteiger charge is 2.35. The van der Waals surface area contributed by atoms with Crippen molar-refractivity contribution in [3.63, 3.8) is 0 Å². The van der Waals surface area contributed by atoms with Crippen LogP contribution in [0.5, 0.6) is 23.0 Å². The number of ether oxygens (including phenoxy) is 6. The van der Waals surface area contributed by atoms with Crippen LogP contribution in [0, 0.1) is 10.8 Å². The Kier molecular flexibility index (Phi) is 9.95. The molecule has 10 heteroatoms. The fourth-order valence-corrected chi connectivity index (χ4v) is 7.55. The molecule has 0 saturated carbocycles. The standard InChI is InChI=1S/C44H36Br2O8/c1-43(21-49-22-43)25-51-35-15-13-29(19-33(35)45)41(47)53-37-17-11-27-7-3-5-9-31(27)39(37)40-32-10-6-4-8-28(32)12-18-38(40)54-42(48)30-14-16-36(34(46)20-30)52-26-44(2)23-50-24-44/h3-20H,21-26H2,1-2H3. The molecule has 0 bridgehead atoms. The molecule has 0 N–H and O–H groups in total. The maximum absolute atomic E-state index is 13.9. The molecular weight excluding hydrogens is 816 g/mol. The number of carbonyl (C=O) groups excluding carboxylic acids is 2. The topological polar surface area (TPSA) is 89.5 Å². The van der Waals surface area contributed by atoms with Crippen molar-refractivity contribution >= 4 is 65.3 Å². The maximum atomic E-state index is 13.9. The number of hydrogen-bond donors (Lipinski definition) is 0. The summed E-state index contributed by atoms with van der Waals surface area (Å²) < 4.78 is 36.5. The van der Waals surface area contributed by atoms with Crippen molar-refractivity contribution in [2.45, 2.75) is 13.8 Å². The average molecular weight is 853 g/mol. The lowest BCUT2D eigenvalue weighted by atomic mass is 9.90. The largest absolute Gasteiger partial charge is 0.492 e. The molecule has 0 atom stereocenters. The van der Waals surface area contributed by atoms with Crippen molar-refractivity contribution < 1.29 is 38.0 Å². The highest BCUT2D eigenvalue weighted by molar-refractivity contribution is 9.11. The summed E-state index contributed by atoms with van der Waals surface area (Å²) in [5.74, 6) is 0.778. The molecule has 2 saturated heterocycles. The van der Waals surface area contributed by atoms with E-state index in [1.165, 1.54) is 0 Å². The van der Waals surface area contributed by atoms with Crippen molar-refractivity contribution in [3.8, 4) is 34.1 Å². The summed E-state index contributed by atoms with van der Waals surface area (Å²) in [6.45, 7) is 7.82. The minimum Gasteiger partial charge on any atom is -0.492 e. The van der Waals surface area contributed by atoms with Gasteiger partial charge in [-0.1, -0.05) is 74.5 Å². The van der Waals surface area contributed by atoms with Gasteiger partial charge in [0.05, 0.1) is 59.7 Å². The number of benzene rings is 6. The van der Waals surface area contributed by atoms with Crippen LogP contribution < -0.4 is 18.9 Å². The van der Waals surface area contributed by atoms with E-state index < -0.39 is 11.9 Å². The predicted octanol–water partition coefficient (Wildman–Crippen LogP) is 10.5. The molecule has 2 aliphatic heterocycles. The SMILES string of the molecule is CC1(COc2ccc(C(=O)Oc3ccc4ccccc4c3-c3c(OC(=O)c4ccc(OCC5(C)COC5)c(Br)c4)ccc4ccccc34)cc2Br)COC1. The highest BCUT2D eigenvalue weighted by Crippen LogP contribution is 2.46. The molecule has 2 aliphatic rings. The van der Waals surface area contributed by atoms with Gasteiger partial charge >= 0.3 is 11.9 Å². The third-order valence-corrected chi connectivity index (χ3v) is 11.0. The summed E-state index contributed by atoms with van der Waals surface area (Å²) >= 11 is 7.15. The Morgan fingerprint density at radius 2 is 0.944 bits per heavy atom. The van der Waals surface area contributed by atoms with Crippen LogP contribution in [0.2, 0.25) is 0 Å². The van der Waals surface area contributed by atoms with Gasteiger partial charge in [-0.2, -0.15) is 0 Å². The molecule has 54 heavy (non-hydrogen) atoms. The molecule has 0 aliphatic carbocycles. The van der Waals surface area contributed by atoms with E-state index in [1.54, 1.807) is 48.5 Å². The van der Waals surface area contributed by atoms with E-state index in [0.29, 0.717) is 93.8 Å². The Balaban J connectivity index is 1.13. The smallest absolute Gasteiger partial charge is 0.343 e. The van der Waals surface area contributed by atoms with E-state index >= 15 is 0 Å². The number of halogens is 2. The average Bonchev–Trinajstić information content (AvgIpc) is 3.15. The van der Waals surface area contributed by atoms with Gasteiger partial charge in [0.1, 0.15) is 23.0 Å². The molecule has 0 aromatic heterocycles. The van der Waals surface area contributed by atoms with Gasteiger partial charge in [0.25, 0.3) is 0 Å². The van der Waals surface area contributed by atoms with Crippen LogP contribution in [-0.2, 0) is 9.47 Å². The van der Waals surface area contributed by atoms with Crippen LogP contribution in [0.3, 0.4) is 0 Å². The monoisotopic (exact) mass is 850 g/mol. The Hall–Kier alpha value is -4.74. The van der Waals surface area contributed by atoms with E-state index in [2.05, 4.69) is 45.7 Å². The van der Waals surface area contributed by atoms with Crippen LogP contribution in [0.25, 0.3) is 32.7 Å². The molecule has 2 heterocycles. The molecule has 6 aromatic rings. The van der Waals surface area contributed by atoms with Gasteiger partial charge in [-0.05, 0) is 102 Å². The van der Waals surface area contributed by atoms with Gasteiger partial charge in [0.15, 0.2) is 0 Å². The van der Waals surface area contributed by atoms with Gasteiger partial charge in [0, 0.05) is 22.0 Å². The second kappa shape index (κ2) is 14.8. The Morgan fingerprint density at radius 3 is 1.31 bits per heavy atom. The zero-order chi connectivity index (χ0) is 37.5. The maximum Gasteiger partial charge on any atom is 0.343 e. The first-order valence-electron chi connectivity index (χ1n) is 17.6. The van der Waals surface area contributed by atoms with Crippen LogP contribution >= 0.6 is 31.9 Å². The number of rotatable bonds is 11. The van der Waals surface area contributed by atoms with Crippen molar-refractivity contribution in [3.05, 3.63) is 129 Å². The fourth-order valence-electron chi connectivity index (χ4n) is 6.57. The zero-order valence-corrected chi connectivity index (χ0v) is 32.8. The molecule has 6 aromatic carbocycles. The van der Waals surface area contributed by atoms with Gasteiger partial charge in [0.2, 0.25) is 0 Å². The molecule has 0 radical (unpaired) electrons. The Labute approximate surface area is 329 Å². The summed E-state index contributed by atoms with van der Waals surface area (Å²) in [6.07, 6.45) is 0. The first kappa shape index (κ1) is 36.2. The first-order valence-corrected chi connectivity index (χ1v) is 19.2. The number of carbonyl (C=O) groups is 2. The molecule has 2 fully saturated rings. The summed E-state index contributed by atoms with van der Waals surface area (Å²) in [5, 5.41) is 3.50. The Morgan fingerprint density at radius 1 is 0.556 bits per heavy atom. The summed E-state index contributed by atoms with van der Waals surface area (Å²) in [7, 11) is 0. The highest BCUT2D eigenvalue weighted by atomic mass is 79.9. The lowest BCUT2D eigenvalue weighted by molar-refractivity contribution is -0.120. The van der Waals surface area contributed by atoms with Gasteiger partial charge in [-0.25, -0.2) is 9.59 Å². The predicted molar refractivity (Wildman–Crippen MR) is 214 cm³/mol. The lowest BCUT2D eigenvalue weighted by Gasteiger charge is -2.37. The lowest BCUT2D eigenvalue weighted by Crippen LogP contribution is -2.44. The molecule has 274 valence electrons. The van der Waals surface area contributed by atoms with E-state index in [1.807, 2.05) is 60.7 Å². The Bertz CT molecular complexity index is 2250. The zero-order valence-electron chi connectivity index (χ0n) is 29.7. The quantitative estimate of drug-likeness (QED) is 0.0941. The number of fused-ring (bicyclic) bond motifs is 2. The second-order valence-corrected chi connectivity index (χ2v) is 16.3. The minimum absolute atomic E-state index is 0.0291. The third-order valence-electron chi connectivity index (χ3n) is 9.73. The van der Waals surface area contributed by atoms with Crippen molar-refractivity contribution in [1.29, 1.82) is 0 Å². The van der Waals surface area contributed by atoms with Gasteiger partial charge < -0.3 is 28.4 Å². The molecule has 8 rings (SSSR count). The van der Waals surface area contributed by atoms with Crippen LogP contribution in [0.15, 0.2) is 118 Å². The molecule has 0 amide bonds. The van der Waals surface area contributed by atoms with E-state index in [0.717, 1.165) is 21.5 Å². The van der Waals surface area contributed by atoms with Gasteiger partial charge in [-0.15, -0.1) is 0 Å². The van der Waals surface area contributed by atoms with Crippen LogP contribution in [0.4, 0.5) is 0 Å². The second-order valence-electron chi connectivity index (χ2n) is 14.6. The van der Waals surface area contributed by atoms with Crippen molar-refractivity contribution in [1.82, 2.24) is 0 Å². The summed E-state index contributed by atoms with van der Waals surface area (Å²) in [6, 6.07) is 33.3. The van der Waals surface area contributed by atoms with Crippen LogP contribution in [-0.4, -0.2) is 51.6 Å². The number of hydrogen-bond acceptors (Lipinski definition) is 8. The normalized spacial score (nSPS) is 15.6. The third kappa shape index (κ3) is 7.36. The van der Waals surface area contributed by atoms with Crippen molar-refractivity contribution in [2.24, 2.45) is 10.8 Å². The number of esters is 2. The van der Waals surface area contributed by atoms with Gasteiger partial charge in [-0.3, -0.25) is 0 Å². The van der Waals surface area contributed by atoms with Crippen LogP contribution in [0.1, 0.15) is 34.6 Å². The summed E-state index contributed by atoms with van der Waals surface area (Å²) in [5.41, 5.74) is 1.86. The first-order chi connectivity index (χ1) is 26.1. The molecule has 0 spiro atoms.